The van der Waals surface area contributed by atoms with Crippen LogP contribution < -0.4 is 4.74 Å². The van der Waals surface area contributed by atoms with Gasteiger partial charge in [-0.05, 0) is 133 Å². The molecule has 0 spiro atoms. The van der Waals surface area contributed by atoms with Crippen molar-refractivity contribution >= 4 is 11.5 Å². The van der Waals surface area contributed by atoms with Crippen molar-refractivity contribution in [3.05, 3.63) is 81.5 Å². The van der Waals surface area contributed by atoms with Crippen LogP contribution in [0.1, 0.15) is 151 Å². The molecule has 6 heteroatoms. The third kappa shape index (κ3) is 7.50. The quantitative estimate of drug-likeness (QED) is 0.118. The van der Waals surface area contributed by atoms with E-state index in [1.165, 1.54) is 5.57 Å². The highest BCUT2D eigenvalue weighted by molar-refractivity contribution is 5.93. The van der Waals surface area contributed by atoms with E-state index < -0.39 is 23.3 Å². The first-order valence-electron chi connectivity index (χ1n) is 18.6. The average Bonchev–Trinajstić information content (AvgIpc) is 3.02. The van der Waals surface area contributed by atoms with Crippen molar-refractivity contribution < 1.29 is 29.6 Å². The van der Waals surface area contributed by atoms with Crippen molar-refractivity contribution in [2.24, 2.45) is 5.92 Å². The van der Waals surface area contributed by atoms with Crippen molar-refractivity contribution in [2.75, 3.05) is 0 Å². The number of benzene rings is 2. The number of ether oxygens (including phenoxy) is 2. The van der Waals surface area contributed by atoms with Gasteiger partial charge >= 0.3 is 5.97 Å². The van der Waals surface area contributed by atoms with Gasteiger partial charge in [0.05, 0.1) is 11.1 Å². The maximum atomic E-state index is 14.4. The van der Waals surface area contributed by atoms with Crippen molar-refractivity contribution in [3.63, 3.8) is 0 Å². The predicted octanol–water partition coefficient (Wildman–Crippen LogP) is 10.3. The SMILES string of the molecule is C=C(C)[C@@H]1CCC(C)=C[C@H]1c1cc(C(=O)OC2(C)CCC3=C(c4c(O)cc(CCCCC)cc4OC3(C)C)C2O)c(CCCCC)cc1O. The number of rotatable bonds is 12. The van der Waals surface area contributed by atoms with E-state index in [0.29, 0.717) is 47.3 Å². The molecular weight excluding hydrogens is 612 g/mol. The Morgan fingerprint density at radius 2 is 1.67 bits per heavy atom. The standard InChI is InChI=1S/C43H58O6/c1-9-11-13-15-28-22-36(45)39-37(23-28)48-42(6,7)34-19-20-43(8,40(46)38(34)39)49-41(47)31-25-33(35(44)24-29(31)16-14-12-10-2)32-21-27(5)17-18-30(32)26(3)4/h21-25,30,32,40,44-46H,3,9-20H2,1-2,4-8H3/t30-,32+,40?,43?/m0/s1. The zero-order valence-electron chi connectivity index (χ0n) is 30.9. The molecule has 49 heavy (non-hydrogen) atoms. The van der Waals surface area contributed by atoms with Gasteiger partial charge in [0.1, 0.15) is 34.6 Å². The van der Waals surface area contributed by atoms with Crippen molar-refractivity contribution in [1.29, 1.82) is 0 Å². The molecule has 0 aromatic heterocycles. The van der Waals surface area contributed by atoms with E-state index in [4.69, 9.17) is 9.47 Å². The molecule has 1 aliphatic heterocycles. The lowest BCUT2D eigenvalue weighted by Crippen LogP contribution is -2.50. The Bertz CT molecular complexity index is 1640. The summed E-state index contributed by atoms with van der Waals surface area (Å²) in [5, 5.41) is 34.9. The number of allylic oxidation sites excluding steroid dienone is 3. The number of hydrogen-bond acceptors (Lipinski definition) is 6. The number of unbranched alkanes of at least 4 members (excludes halogenated alkanes) is 4. The molecule has 6 nitrogen and oxygen atoms in total. The van der Waals surface area contributed by atoms with Crippen LogP contribution in [0.3, 0.4) is 0 Å². The van der Waals surface area contributed by atoms with E-state index in [9.17, 15) is 20.1 Å². The molecule has 2 aliphatic carbocycles. The van der Waals surface area contributed by atoms with E-state index in [1.54, 1.807) is 19.1 Å². The molecule has 0 bridgehead atoms. The second kappa shape index (κ2) is 14.8. The van der Waals surface area contributed by atoms with Gasteiger partial charge in [-0.25, -0.2) is 4.79 Å². The Morgan fingerprint density at radius 1 is 0.980 bits per heavy atom. The van der Waals surface area contributed by atoms with Gasteiger partial charge < -0.3 is 24.8 Å². The lowest BCUT2D eigenvalue weighted by molar-refractivity contribution is -0.0693. The summed E-state index contributed by atoms with van der Waals surface area (Å²) in [5.41, 5.74) is 5.24. The number of phenols is 2. The number of fused-ring (bicyclic) bond motifs is 2. The smallest absolute Gasteiger partial charge is 0.339 e. The van der Waals surface area contributed by atoms with Gasteiger partial charge in [-0.3, -0.25) is 0 Å². The number of phenolic OH excluding ortho intramolecular Hbond substituents is 2. The fraction of sp³-hybridized carbons (Fsp3) is 0.558. The van der Waals surface area contributed by atoms with Crippen molar-refractivity contribution in [1.82, 2.24) is 0 Å². The monoisotopic (exact) mass is 670 g/mol. The van der Waals surface area contributed by atoms with E-state index in [2.05, 4.69) is 33.4 Å². The summed E-state index contributed by atoms with van der Waals surface area (Å²) in [6, 6.07) is 7.35. The van der Waals surface area contributed by atoms with Crippen molar-refractivity contribution in [2.45, 2.75) is 149 Å². The number of aryl methyl sites for hydroxylation is 2. The van der Waals surface area contributed by atoms with Crippen LogP contribution in [0.4, 0.5) is 0 Å². The zero-order valence-corrected chi connectivity index (χ0v) is 30.9. The minimum Gasteiger partial charge on any atom is -0.508 e. The highest BCUT2D eigenvalue weighted by Gasteiger charge is 2.50. The summed E-state index contributed by atoms with van der Waals surface area (Å²) in [5.74, 6) is 0.365. The van der Waals surface area contributed by atoms with Crippen LogP contribution in [0.2, 0.25) is 0 Å². The first kappa shape index (κ1) is 36.8. The summed E-state index contributed by atoms with van der Waals surface area (Å²) in [6.45, 7) is 18.5. The maximum absolute atomic E-state index is 14.4. The Morgan fingerprint density at radius 3 is 2.35 bits per heavy atom. The molecule has 3 N–H and O–H groups in total. The molecule has 2 aromatic rings. The number of carbonyl (C=O) groups is 1. The Labute approximate surface area is 293 Å². The van der Waals surface area contributed by atoms with Gasteiger partial charge in [-0.1, -0.05) is 63.3 Å². The third-order valence-corrected chi connectivity index (χ3v) is 11.2. The van der Waals surface area contributed by atoms with Crippen LogP contribution in [-0.4, -0.2) is 38.6 Å². The fourth-order valence-corrected chi connectivity index (χ4v) is 8.27. The van der Waals surface area contributed by atoms with Crippen LogP contribution in [0.15, 0.2) is 53.6 Å². The van der Waals surface area contributed by atoms with Crippen LogP contribution >= 0.6 is 0 Å². The van der Waals surface area contributed by atoms with Crippen LogP contribution in [0, 0.1) is 5.92 Å². The van der Waals surface area contributed by atoms with Crippen molar-refractivity contribution in [3.8, 4) is 17.2 Å². The molecule has 5 rings (SSSR count). The Hall–Kier alpha value is -3.51. The number of carbonyl (C=O) groups excluding carboxylic acids is 1. The second-order valence-electron chi connectivity index (χ2n) is 15.6. The fourth-order valence-electron chi connectivity index (χ4n) is 8.27. The van der Waals surface area contributed by atoms with Gasteiger partial charge in [-0.2, -0.15) is 0 Å². The number of aromatic hydroxyl groups is 2. The predicted molar refractivity (Wildman–Crippen MR) is 197 cm³/mol. The summed E-state index contributed by atoms with van der Waals surface area (Å²) in [6.07, 6.45) is 11.5. The molecular formula is C43H58O6. The lowest BCUT2D eigenvalue weighted by atomic mass is 9.70. The molecule has 0 saturated heterocycles. The van der Waals surface area contributed by atoms with E-state index in [0.717, 1.165) is 80.1 Å². The summed E-state index contributed by atoms with van der Waals surface area (Å²) < 4.78 is 12.9. The Balaban J connectivity index is 1.52. The number of aliphatic hydroxyl groups is 1. The van der Waals surface area contributed by atoms with Gasteiger partial charge in [-0.15, -0.1) is 0 Å². The highest BCUT2D eigenvalue weighted by atomic mass is 16.6. The molecule has 2 unspecified atom stereocenters. The zero-order chi connectivity index (χ0) is 35.7. The number of hydrogen-bond donors (Lipinski definition) is 3. The molecule has 3 aliphatic rings. The Kier molecular flexibility index (Phi) is 11.1. The molecule has 1 heterocycles. The topological polar surface area (TPSA) is 96.2 Å². The van der Waals surface area contributed by atoms with E-state index in [1.807, 2.05) is 32.9 Å². The first-order valence-corrected chi connectivity index (χ1v) is 18.6. The molecule has 2 aromatic carbocycles. The summed E-state index contributed by atoms with van der Waals surface area (Å²) >= 11 is 0. The lowest BCUT2D eigenvalue weighted by Gasteiger charge is -2.47. The first-order chi connectivity index (χ1) is 23.2. The highest BCUT2D eigenvalue weighted by Crippen LogP contribution is 2.53. The largest absolute Gasteiger partial charge is 0.508 e. The minimum absolute atomic E-state index is 0.0749. The van der Waals surface area contributed by atoms with Gasteiger partial charge in [0.2, 0.25) is 0 Å². The van der Waals surface area contributed by atoms with Gasteiger partial charge in [0.25, 0.3) is 0 Å². The molecule has 0 fully saturated rings. The van der Waals surface area contributed by atoms with E-state index in [-0.39, 0.29) is 23.3 Å². The molecule has 0 radical (unpaired) electrons. The second-order valence-corrected chi connectivity index (χ2v) is 15.6. The number of esters is 1. The van der Waals surface area contributed by atoms with Crippen LogP contribution in [0.5, 0.6) is 17.2 Å². The van der Waals surface area contributed by atoms with Crippen LogP contribution in [-0.2, 0) is 17.6 Å². The number of aliphatic hydroxyl groups excluding tert-OH is 1. The summed E-state index contributed by atoms with van der Waals surface area (Å²) in [7, 11) is 0. The van der Waals surface area contributed by atoms with E-state index >= 15 is 0 Å². The molecule has 0 saturated carbocycles. The normalized spacial score (nSPS) is 24.4. The summed E-state index contributed by atoms with van der Waals surface area (Å²) in [4.78, 5) is 14.4. The molecule has 266 valence electrons. The average molecular weight is 671 g/mol. The maximum Gasteiger partial charge on any atom is 0.339 e. The van der Waals surface area contributed by atoms with Crippen LogP contribution in [0.25, 0.3) is 5.57 Å². The van der Waals surface area contributed by atoms with Gasteiger partial charge in [0, 0.05) is 17.1 Å². The third-order valence-electron chi connectivity index (χ3n) is 11.2. The molecule has 4 atom stereocenters. The minimum atomic E-state index is -1.26. The molecule has 0 amide bonds. The van der Waals surface area contributed by atoms with Gasteiger partial charge in [0.15, 0.2) is 0 Å².